The van der Waals surface area contributed by atoms with Gasteiger partial charge in [0.1, 0.15) is 5.60 Å². The summed E-state index contributed by atoms with van der Waals surface area (Å²) in [4.78, 5) is 12.7. The number of esters is 1. The van der Waals surface area contributed by atoms with Crippen molar-refractivity contribution in [3.8, 4) is 0 Å². The molecule has 0 aromatic heterocycles. The first-order chi connectivity index (χ1) is 10.8. The number of ether oxygens (including phenoxy) is 1. The van der Waals surface area contributed by atoms with E-state index in [1.54, 1.807) is 0 Å². The Balaban J connectivity index is 1.44. The lowest BCUT2D eigenvalue weighted by Crippen LogP contribution is -2.71. The van der Waals surface area contributed by atoms with Crippen LogP contribution in [-0.4, -0.2) is 22.3 Å². The van der Waals surface area contributed by atoms with Crippen molar-refractivity contribution in [2.24, 2.45) is 40.9 Å². The first-order valence-corrected chi connectivity index (χ1v) is 9.72. The van der Waals surface area contributed by atoms with Crippen LogP contribution in [0.4, 0.5) is 0 Å². The van der Waals surface area contributed by atoms with Crippen LogP contribution in [0.3, 0.4) is 0 Å². The molecule has 0 aromatic carbocycles. The summed E-state index contributed by atoms with van der Waals surface area (Å²) in [5, 5.41) is 10.9. The molecular weight excluding hydrogens is 288 g/mol. The van der Waals surface area contributed by atoms with E-state index in [-0.39, 0.29) is 22.6 Å². The Hall–Kier alpha value is -0.570. The quantitative estimate of drug-likeness (QED) is 0.810. The smallest absolute Gasteiger partial charge is 0.312 e. The largest absolute Gasteiger partial charge is 0.459 e. The van der Waals surface area contributed by atoms with Crippen LogP contribution in [0.5, 0.6) is 0 Å². The third-order valence-electron chi connectivity index (χ3n) is 8.72. The number of aliphatic hydroxyl groups is 1. The van der Waals surface area contributed by atoms with E-state index in [0.717, 1.165) is 44.9 Å². The molecule has 7 saturated carbocycles. The molecule has 7 fully saturated rings. The summed E-state index contributed by atoms with van der Waals surface area (Å²) < 4.78 is 6.26. The van der Waals surface area contributed by atoms with Crippen molar-refractivity contribution < 1.29 is 14.6 Å². The lowest BCUT2D eigenvalue weighted by atomic mass is 9.34. The van der Waals surface area contributed by atoms with Crippen molar-refractivity contribution >= 4 is 5.97 Å². The van der Waals surface area contributed by atoms with Gasteiger partial charge in [-0.2, -0.15) is 0 Å². The molecule has 0 atom stereocenters. The first-order valence-electron chi connectivity index (χ1n) is 9.72. The van der Waals surface area contributed by atoms with Crippen molar-refractivity contribution in [1.29, 1.82) is 0 Å². The summed E-state index contributed by atoms with van der Waals surface area (Å²) in [5.74, 6) is 4.27. The standard InChI is InChI=1S/C20H30O3/c1-4-18(2,3)17(21)23-20-8-14-11-5-19(22)6-12(14)16(10-20)13(7-19)15(11)9-20/h11-16,22H,4-10H2,1-3H3. The second-order valence-corrected chi connectivity index (χ2v) is 10.2. The molecule has 23 heavy (non-hydrogen) atoms. The number of hydrogen-bond acceptors (Lipinski definition) is 3. The minimum Gasteiger partial charge on any atom is -0.459 e. The Bertz CT molecular complexity index is 500. The normalized spacial score (nSPS) is 55.5. The van der Waals surface area contributed by atoms with Gasteiger partial charge in [0.15, 0.2) is 0 Å². The number of rotatable bonds is 3. The maximum Gasteiger partial charge on any atom is 0.312 e. The third-order valence-corrected chi connectivity index (χ3v) is 8.72. The fourth-order valence-corrected chi connectivity index (χ4v) is 7.43. The van der Waals surface area contributed by atoms with Gasteiger partial charge < -0.3 is 9.84 Å². The highest BCUT2D eigenvalue weighted by molar-refractivity contribution is 5.76. The molecule has 3 heteroatoms. The molecule has 0 radical (unpaired) electrons. The summed E-state index contributed by atoms with van der Waals surface area (Å²) in [6, 6.07) is 0. The van der Waals surface area contributed by atoms with E-state index in [1.165, 1.54) is 0 Å². The van der Waals surface area contributed by atoms with E-state index in [2.05, 4.69) is 6.92 Å². The minimum absolute atomic E-state index is 0.0113. The van der Waals surface area contributed by atoms with Gasteiger partial charge in [-0.15, -0.1) is 0 Å². The molecule has 0 aromatic rings. The van der Waals surface area contributed by atoms with Crippen LogP contribution in [0, 0.1) is 40.9 Å². The second-order valence-electron chi connectivity index (χ2n) is 10.2. The van der Waals surface area contributed by atoms with E-state index < -0.39 is 0 Å². The average Bonchev–Trinajstić information content (AvgIpc) is 2.50. The van der Waals surface area contributed by atoms with Crippen LogP contribution in [0.15, 0.2) is 0 Å². The molecule has 8 bridgehead atoms. The number of hydrogen-bond donors (Lipinski definition) is 1. The van der Waals surface area contributed by atoms with Gasteiger partial charge >= 0.3 is 5.97 Å². The Morgan fingerprint density at radius 2 is 1.35 bits per heavy atom. The van der Waals surface area contributed by atoms with Crippen LogP contribution < -0.4 is 0 Å². The van der Waals surface area contributed by atoms with Crippen molar-refractivity contribution in [1.82, 2.24) is 0 Å². The van der Waals surface area contributed by atoms with Crippen molar-refractivity contribution in [2.45, 2.75) is 76.9 Å². The number of carbonyl (C=O) groups is 1. The molecule has 0 unspecified atom stereocenters. The molecule has 7 aliphatic rings. The zero-order valence-electron chi connectivity index (χ0n) is 14.7. The molecule has 0 aliphatic heterocycles. The molecule has 0 spiro atoms. The van der Waals surface area contributed by atoms with E-state index in [4.69, 9.17) is 4.74 Å². The summed E-state index contributed by atoms with van der Waals surface area (Å²) in [5.41, 5.74) is -0.878. The van der Waals surface area contributed by atoms with Gasteiger partial charge in [-0.3, -0.25) is 4.79 Å². The lowest BCUT2D eigenvalue weighted by Gasteiger charge is -2.73. The minimum atomic E-state index is -0.365. The van der Waals surface area contributed by atoms with Gasteiger partial charge in [0.2, 0.25) is 0 Å². The first kappa shape index (κ1) is 14.7. The summed E-state index contributed by atoms with van der Waals surface area (Å²) in [7, 11) is 0. The van der Waals surface area contributed by atoms with Crippen molar-refractivity contribution in [3.05, 3.63) is 0 Å². The fourth-order valence-electron chi connectivity index (χ4n) is 7.43. The van der Waals surface area contributed by atoms with E-state index in [1.807, 2.05) is 13.8 Å². The molecule has 3 nitrogen and oxygen atoms in total. The third kappa shape index (κ3) is 1.78. The van der Waals surface area contributed by atoms with Gasteiger partial charge in [0.25, 0.3) is 0 Å². The lowest BCUT2D eigenvalue weighted by molar-refractivity contribution is -0.294. The van der Waals surface area contributed by atoms with Crippen molar-refractivity contribution in [3.63, 3.8) is 0 Å². The predicted octanol–water partition coefficient (Wildman–Crippen LogP) is 3.54. The zero-order chi connectivity index (χ0) is 16.2. The van der Waals surface area contributed by atoms with Crippen LogP contribution in [0.25, 0.3) is 0 Å². The molecule has 7 rings (SSSR count). The van der Waals surface area contributed by atoms with Gasteiger partial charge in [-0.1, -0.05) is 6.92 Å². The molecule has 7 aliphatic carbocycles. The Morgan fingerprint density at radius 1 is 0.957 bits per heavy atom. The molecule has 0 amide bonds. The highest BCUT2D eigenvalue weighted by atomic mass is 16.6. The van der Waals surface area contributed by atoms with E-state index in [9.17, 15) is 9.90 Å². The van der Waals surface area contributed by atoms with E-state index in [0.29, 0.717) is 35.5 Å². The monoisotopic (exact) mass is 318 g/mol. The van der Waals surface area contributed by atoms with Gasteiger partial charge in [0.05, 0.1) is 11.0 Å². The maximum absolute atomic E-state index is 12.7. The topological polar surface area (TPSA) is 46.5 Å². The van der Waals surface area contributed by atoms with Crippen LogP contribution >= 0.6 is 0 Å². The Labute approximate surface area is 139 Å². The molecule has 0 saturated heterocycles. The average molecular weight is 318 g/mol. The van der Waals surface area contributed by atoms with E-state index >= 15 is 0 Å². The highest BCUT2D eigenvalue weighted by Crippen LogP contribution is 2.73. The van der Waals surface area contributed by atoms with Gasteiger partial charge in [0, 0.05) is 0 Å². The van der Waals surface area contributed by atoms with Crippen molar-refractivity contribution in [2.75, 3.05) is 0 Å². The zero-order valence-corrected chi connectivity index (χ0v) is 14.7. The summed E-state index contributed by atoms with van der Waals surface area (Å²) in [6.45, 7) is 6.09. The molecular formula is C20H30O3. The van der Waals surface area contributed by atoms with Gasteiger partial charge in [-0.25, -0.2) is 0 Å². The second kappa shape index (κ2) is 4.15. The molecule has 0 heterocycles. The molecule has 1 N–H and O–H groups in total. The SMILES string of the molecule is CCC(C)(C)C(=O)OC12CC3C4CC5(O)CC3C(C1)C(C5)C4C2. The van der Waals surface area contributed by atoms with Crippen LogP contribution in [0.2, 0.25) is 0 Å². The van der Waals surface area contributed by atoms with Crippen LogP contribution in [-0.2, 0) is 9.53 Å². The number of carbonyl (C=O) groups excluding carboxylic acids is 1. The predicted molar refractivity (Wildman–Crippen MR) is 86.5 cm³/mol. The summed E-state index contributed by atoms with van der Waals surface area (Å²) >= 11 is 0. The Morgan fingerprint density at radius 3 is 1.74 bits per heavy atom. The summed E-state index contributed by atoms with van der Waals surface area (Å²) in [6.07, 6.45) is 7.11. The maximum atomic E-state index is 12.7. The molecule has 128 valence electrons. The highest BCUT2D eigenvalue weighted by Gasteiger charge is 2.71. The fraction of sp³-hybridized carbons (Fsp3) is 0.950. The Kier molecular flexibility index (Phi) is 2.66. The van der Waals surface area contributed by atoms with Gasteiger partial charge in [-0.05, 0) is 94.3 Å². The van der Waals surface area contributed by atoms with Crippen LogP contribution in [0.1, 0.15) is 65.7 Å².